The van der Waals surface area contributed by atoms with Gasteiger partial charge in [0.15, 0.2) is 0 Å². The Balaban J connectivity index is 1.54. The van der Waals surface area contributed by atoms with Crippen molar-refractivity contribution < 1.29 is 22.8 Å². The minimum atomic E-state index is -4.54. The predicted molar refractivity (Wildman–Crippen MR) is 104 cm³/mol. The Labute approximate surface area is 167 Å². The minimum absolute atomic E-state index is 0.0292. The van der Waals surface area contributed by atoms with Crippen LogP contribution in [0.25, 0.3) is 0 Å². The van der Waals surface area contributed by atoms with Crippen molar-refractivity contribution in [2.45, 2.75) is 13.1 Å². The van der Waals surface area contributed by atoms with E-state index in [2.05, 4.69) is 5.32 Å². The van der Waals surface area contributed by atoms with E-state index in [1.54, 1.807) is 11.0 Å². The molecule has 0 aromatic heterocycles. The van der Waals surface area contributed by atoms with Crippen LogP contribution in [-0.2, 0) is 11.0 Å². The molecule has 1 N–H and O–H groups in total. The number of carbonyl (C=O) groups excluding carboxylic acids is 2. The lowest BCUT2D eigenvalue weighted by atomic mass is 10.1. The summed E-state index contributed by atoms with van der Waals surface area (Å²) in [6, 6.07) is 12.3. The highest BCUT2D eigenvalue weighted by molar-refractivity contribution is 5.96. The van der Waals surface area contributed by atoms with Gasteiger partial charge in [-0.15, -0.1) is 0 Å². The maximum absolute atomic E-state index is 13.0. The van der Waals surface area contributed by atoms with Crippen LogP contribution in [0.4, 0.5) is 18.9 Å². The molecule has 0 bridgehead atoms. The number of nitrogens with one attached hydrogen (secondary N) is 1. The number of aryl methyl sites for hydroxylation is 1. The van der Waals surface area contributed by atoms with E-state index >= 15 is 0 Å². The Morgan fingerprint density at radius 3 is 2.24 bits per heavy atom. The molecule has 8 heteroatoms. The van der Waals surface area contributed by atoms with Crippen molar-refractivity contribution in [2.24, 2.45) is 0 Å². The molecule has 1 heterocycles. The second-order valence-electron chi connectivity index (χ2n) is 6.97. The average molecular weight is 405 g/mol. The first-order valence-electron chi connectivity index (χ1n) is 9.29. The van der Waals surface area contributed by atoms with Crippen LogP contribution in [0.1, 0.15) is 21.5 Å². The number of para-hydroxylation sites is 1. The molecular weight excluding hydrogens is 383 g/mol. The molecular formula is C21H22F3N3O2. The maximum Gasteiger partial charge on any atom is 0.418 e. The third-order valence-electron chi connectivity index (χ3n) is 4.91. The second-order valence-corrected chi connectivity index (χ2v) is 6.97. The minimum Gasteiger partial charge on any atom is -0.336 e. The summed E-state index contributed by atoms with van der Waals surface area (Å²) >= 11 is 0. The van der Waals surface area contributed by atoms with Crippen LogP contribution >= 0.6 is 0 Å². The molecule has 2 aromatic rings. The first kappa shape index (κ1) is 20.9. The van der Waals surface area contributed by atoms with Gasteiger partial charge in [-0.3, -0.25) is 14.5 Å². The molecule has 1 aliphatic heterocycles. The number of hydrogen-bond donors (Lipinski definition) is 1. The van der Waals surface area contributed by atoms with E-state index in [0.29, 0.717) is 31.7 Å². The summed E-state index contributed by atoms with van der Waals surface area (Å²) in [5.41, 5.74) is 0.436. The number of amides is 2. The standard InChI is InChI=1S/C21H22F3N3O2/c1-15-6-2-3-7-16(15)20(29)27-12-10-26(11-13-27)14-19(28)25-18-9-5-4-8-17(18)21(22,23)24/h2-9H,10-14H2,1H3,(H,25,28). The molecule has 0 radical (unpaired) electrons. The molecule has 0 aliphatic carbocycles. The van der Waals surface area contributed by atoms with E-state index in [1.165, 1.54) is 18.2 Å². The second kappa shape index (κ2) is 8.65. The summed E-state index contributed by atoms with van der Waals surface area (Å²) in [4.78, 5) is 28.4. The maximum atomic E-state index is 13.0. The number of nitrogens with zero attached hydrogens (tertiary/aromatic N) is 2. The molecule has 1 aliphatic rings. The summed E-state index contributed by atoms with van der Waals surface area (Å²) in [5, 5.41) is 2.35. The van der Waals surface area contributed by atoms with Gasteiger partial charge in [0, 0.05) is 31.7 Å². The Morgan fingerprint density at radius 2 is 1.59 bits per heavy atom. The number of rotatable bonds is 4. The Bertz CT molecular complexity index is 891. The molecule has 154 valence electrons. The van der Waals surface area contributed by atoms with E-state index in [9.17, 15) is 22.8 Å². The number of piperazine rings is 1. The van der Waals surface area contributed by atoms with Crippen molar-refractivity contribution in [3.8, 4) is 0 Å². The monoisotopic (exact) mass is 405 g/mol. The largest absolute Gasteiger partial charge is 0.418 e. The van der Waals surface area contributed by atoms with Gasteiger partial charge >= 0.3 is 6.18 Å². The number of hydrogen-bond acceptors (Lipinski definition) is 3. The van der Waals surface area contributed by atoms with Crippen molar-refractivity contribution in [2.75, 3.05) is 38.0 Å². The van der Waals surface area contributed by atoms with Crippen LogP contribution in [0.15, 0.2) is 48.5 Å². The van der Waals surface area contributed by atoms with Crippen LogP contribution < -0.4 is 5.32 Å². The fourth-order valence-corrected chi connectivity index (χ4v) is 3.32. The Hall–Kier alpha value is -2.87. The molecule has 2 aromatic carbocycles. The molecule has 5 nitrogen and oxygen atoms in total. The van der Waals surface area contributed by atoms with Gasteiger partial charge in [0.25, 0.3) is 5.91 Å². The molecule has 0 saturated carbocycles. The molecule has 1 fully saturated rings. The zero-order chi connectivity index (χ0) is 21.0. The summed E-state index contributed by atoms with van der Waals surface area (Å²) in [5.74, 6) is -0.563. The quantitative estimate of drug-likeness (QED) is 0.848. The topological polar surface area (TPSA) is 52.7 Å². The van der Waals surface area contributed by atoms with Gasteiger partial charge in [0.2, 0.25) is 5.91 Å². The lowest BCUT2D eigenvalue weighted by Gasteiger charge is -2.34. The SMILES string of the molecule is Cc1ccccc1C(=O)N1CCN(CC(=O)Nc2ccccc2C(F)(F)F)CC1. The highest BCUT2D eigenvalue weighted by Gasteiger charge is 2.33. The van der Waals surface area contributed by atoms with Crippen LogP contribution in [0, 0.1) is 6.92 Å². The van der Waals surface area contributed by atoms with Crippen LogP contribution in [0.2, 0.25) is 0 Å². The Kier molecular flexibility index (Phi) is 6.22. The van der Waals surface area contributed by atoms with Gasteiger partial charge in [0.05, 0.1) is 17.8 Å². The average Bonchev–Trinajstić information content (AvgIpc) is 2.68. The van der Waals surface area contributed by atoms with Gasteiger partial charge in [-0.2, -0.15) is 13.2 Å². The zero-order valence-electron chi connectivity index (χ0n) is 16.0. The van der Waals surface area contributed by atoms with Crippen LogP contribution in [0.5, 0.6) is 0 Å². The summed E-state index contributed by atoms with van der Waals surface area (Å²) in [7, 11) is 0. The highest BCUT2D eigenvalue weighted by Crippen LogP contribution is 2.34. The molecule has 3 rings (SSSR count). The van der Waals surface area contributed by atoms with Crippen molar-refractivity contribution in [3.05, 3.63) is 65.2 Å². The normalized spacial score (nSPS) is 15.2. The van der Waals surface area contributed by atoms with Gasteiger partial charge in [-0.25, -0.2) is 0 Å². The molecule has 0 atom stereocenters. The highest BCUT2D eigenvalue weighted by atomic mass is 19.4. The van der Waals surface area contributed by atoms with Crippen molar-refractivity contribution in [1.29, 1.82) is 0 Å². The van der Waals surface area contributed by atoms with Gasteiger partial charge in [0.1, 0.15) is 0 Å². The van der Waals surface area contributed by atoms with Crippen molar-refractivity contribution in [3.63, 3.8) is 0 Å². The number of anilines is 1. The fraction of sp³-hybridized carbons (Fsp3) is 0.333. The van der Waals surface area contributed by atoms with E-state index in [1.807, 2.05) is 30.0 Å². The number of halogens is 3. The predicted octanol–water partition coefficient (Wildman–Crippen LogP) is 3.41. The molecule has 0 unspecified atom stereocenters. The number of benzene rings is 2. The first-order chi connectivity index (χ1) is 13.8. The molecule has 29 heavy (non-hydrogen) atoms. The van der Waals surface area contributed by atoms with Crippen molar-refractivity contribution >= 4 is 17.5 Å². The lowest BCUT2D eigenvalue weighted by molar-refractivity contribution is -0.137. The van der Waals surface area contributed by atoms with E-state index < -0.39 is 17.6 Å². The van der Waals surface area contributed by atoms with E-state index in [0.717, 1.165) is 11.6 Å². The lowest BCUT2D eigenvalue weighted by Crippen LogP contribution is -2.50. The first-order valence-corrected chi connectivity index (χ1v) is 9.29. The van der Waals surface area contributed by atoms with Gasteiger partial charge in [-0.05, 0) is 30.7 Å². The van der Waals surface area contributed by atoms with Crippen LogP contribution in [0.3, 0.4) is 0 Å². The zero-order valence-corrected chi connectivity index (χ0v) is 16.0. The number of carbonyl (C=O) groups is 2. The van der Waals surface area contributed by atoms with Crippen LogP contribution in [-0.4, -0.2) is 54.3 Å². The summed E-state index contributed by atoms with van der Waals surface area (Å²) in [6.07, 6.45) is -4.54. The molecule has 2 amide bonds. The molecule has 0 spiro atoms. The van der Waals surface area contributed by atoms with Gasteiger partial charge < -0.3 is 10.2 Å². The smallest absolute Gasteiger partial charge is 0.336 e. The van der Waals surface area contributed by atoms with E-state index in [4.69, 9.17) is 0 Å². The van der Waals surface area contributed by atoms with Crippen molar-refractivity contribution in [1.82, 2.24) is 9.80 Å². The third kappa shape index (κ3) is 5.14. The fourth-order valence-electron chi connectivity index (χ4n) is 3.32. The Morgan fingerprint density at radius 1 is 0.966 bits per heavy atom. The third-order valence-corrected chi connectivity index (χ3v) is 4.91. The summed E-state index contributed by atoms with van der Waals surface area (Å²) in [6.45, 7) is 3.72. The molecule has 1 saturated heterocycles. The van der Waals surface area contributed by atoms with E-state index in [-0.39, 0.29) is 18.1 Å². The summed E-state index contributed by atoms with van der Waals surface area (Å²) < 4.78 is 39.1. The number of alkyl halides is 3. The van der Waals surface area contributed by atoms with Gasteiger partial charge in [-0.1, -0.05) is 30.3 Å².